The quantitative estimate of drug-likeness (QED) is 0.635. The molecular weight excluding hydrogens is 278 g/mol. The smallest absolute Gasteiger partial charge is 0.295 e. The summed E-state index contributed by atoms with van der Waals surface area (Å²) >= 11 is 0. The molecule has 2 unspecified atom stereocenters. The maximum atomic E-state index is 13.4. The van der Waals surface area contributed by atoms with E-state index >= 15 is 0 Å². The first kappa shape index (κ1) is 13.1. The van der Waals surface area contributed by atoms with Crippen LogP contribution in [-0.4, -0.2) is 11.8 Å². The first-order valence-corrected chi connectivity index (χ1v) is 5.85. The van der Waals surface area contributed by atoms with E-state index in [2.05, 4.69) is 5.32 Å². The number of rotatable bonds is 1. The molecule has 3 rings (SSSR count). The van der Waals surface area contributed by atoms with Gasteiger partial charge in [0.05, 0.1) is 16.4 Å². The average Bonchev–Trinajstić information content (AvgIpc) is 2.91. The summed E-state index contributed by atoms with van der Waals surface area (Å²) in [4.78, 5) is 23.5. The van der Waals surface area contributed by atoms with Crippen molar-refractivity contribution in [2.75, 3.05) is 0 Å². The third-order valence-corrected chi connectivity index (χ3v) is 4.27. The lowest BCUT2D eigenvalue weighted by atomic mass is 9.88. The van der Waals surface area contributed by atoms with Gasteiger partial charge in [0.25, 0.3) is 0 Å². The Labute approximate surface area is 111 Å². The van der Waals surface area contributed by atoms with E-state index in [1.807, 2.05) is 0 Å². The third-order valence-electron chi connectivity index (χ3n) is 4.27. The molecule has 1 aromatic rings. The highest BCUT2D eigenvalue weighted by molar-refractivity contribution is 6.17. The molecule has 2 amide bonds. The Morgan fingerprint density at radius 3 is 2.25 bits per heavy atom. The van der Waals surface area contributed by atoms with Gasteiger partial charge in [-0.25, -0.2) is 4.39 Å². The molecule has 20 heavy (non-hydrogen) atoms. The maximum Gasteiger partial charge on any atom is 0.416 e. The zero-order valence-corrected chi connectivity index (χ0v) is 10.3. The van der Waals surface area contributed by atoms with Gasteiger partial charge in [0.1, 0.15) is 5.82 Å². The zero-order valence-electron chi connectivity index (χ0n) is 10.3. The Bertz CT molecular complexity index is 654. The fourth-order valence-corrected chi connectivity index (χ4v) is 2.99. The molecule has 0 spiro atoms. The van der Waals surface area contributed by atoms with Gasteiger partial charge in [-0.15, -0.1) is 0 Å². The second kappa shape index (κ2) is 3.39. The lowest BCUT2D eigenvalue weighted by Crippen LogP contribution is -2.30. The van der Waals surface area contributed by atoms with E-state index in [1.165, 1.54) is 6.92 Å². The van der Waals surface area contributed by atoms with Crippen molar-refractivity contribution in [1.82, 2.24) is 5.32 Å². The number of hydrogen-bond donors (Lipinski definition) is 1. The fourth-order valence-electron chi connectivity index (χ4n) is 2.99. The summed E-state index contributed by atoms with van der Waals surface area (Å²) < 4.78 is 51.6. The van der Waals surface area contributed by atoms with E-state index in [1.54, 1.807) is 0 Å². The standard InChI is InChI=1S/C13H9F4NO2/c1-11-5-12(11,10(20)18-9(11)19)6-2-7(13(15,16)17)4-8(14)3-6/h2-4H,5H2,1H3,(H,18,19,20). The highest BCUT2D eigenvalue weighted by Crippen LogP contribution is 2.67. The number of imide groups is 1. The van der Waals surface area contributed by atoms with Crippen molar-refractivity contribution in [3.63, 3.8) is 0 Å². The van der Waals surface area contributed by atoms with Crippen LogP contribution in [0.5, 0.6) is 0 Å². The predicted octanol–water partition coefficient (Wildman–Crippen LogP) is 2.15. The lowest BCUT2D eigenvalue weighted by molar-refractivity contribution is -0.138. The second-order valence-electron chi connectivity index (χ2n) is 5.42. The first-order chi connectivity index (χ1) is 9.11. The minimum atomic E-state index is -4.71. The summed E-state index contributed by atoms with van der Waals surface area (Å²) in [5.74, 6) is -2.27. The molecule has 2 aliphatic rings. The summed E-state index contributed by atoms with van der Waals surface area (Å²) in [6, 6.07) is 2.00. The van der Waals surface area contributed by atoms with E-state index in [0.29, 0.717) is 6.07 Å². The number of alkyl halides is 3. The van der Waals surface area contributed by atoms with Crippen molar-refractivity contribution in [3.05, 3.63) is 35.1 Å². The minimum absolute atomic E-state index is 0.101. The number of amides is 2. The fraction of sp³-hybridized carbons (Fsp3) is 0.385. The largest absolute Gasteiger partial charge is 0.416 e. The average molecular weight is 287 g/mol. The van der Waals surface area contributed by atoms with Gasteiger partial charge in [-0.1, -0.05) is 0 Å². The topological polar surface area (TPSA) is 46.2 Å². The Kier molecular flexibility index (Phi) is 2.22. The van der Waals surface area contributed by atoms with Gasteiger partial charge in [-0.3, -0.25) is 14.9 Å². The maximum absolute atomic E-state index is 13.4. The summed E-state index contributed by atoms with van der Waals surface area (Å²) in [6.45, 7) is 1.49. The summed E-state index contributed by atoms with van der Waals surface area (Å²) in [6.07, 6.45) is -4.61. The molecule has 1 aromatic carbocycles. The van der Waals surface area contributed by atoms with Crippen molar-refractivity contribution in [3.8, 4) is 0 Å². The van der Waals surface area contributed by atoms with Gasteiger partial charge in [-0.05, 0) is 37.1 Å². The number of hydrogen-bond acceptors (Lipinski definition) is 2. The van der Waals surface area contributed by atoms with Crippen LogP contribution in [0.15, 0.2) is 18.2 Å². The zero-order chi connectivity index (χ0) is 14.9. The summed E-state index contributed by atoms with van der Waals surface area (Å²) in [5, 5.41) is 2.09. The van der Waals surface area contributed by atoms with Crippen LogP contribution in [0.3, 0.4) is 0 Å². The van der Waals surface area contributed by atoms with Crippen LogP contribution >= 0.6 is 0 Å². The number of piperidine rings is 1. The van der Waals surface area contributed by atoms with Gasteiger partial charge in [0.15, 0.2) is 0 Å². The monoisotopic (exact) mass is 287 g/mol. The molecule has 0 radical (unpaired) electrons. The van der Waals surface area contributed by atoms with Crippen molar-refractivity contribution < 1.29 is 27.2 Å². The normalized spacial score (nSPS) is 32.0. The third kappa shape index (κ3) is 1.40. The highest BCUT2D eigenvalue weighted by atomic mass is 19.4. The van der Waals surface area contributed by atoms with Crippen LogP contribution in [-0.2, 0) is 21.2 Å². The highest BCUT2D eigenvalue weighted by Gasteiger charge is 2.78. The van der Waals surface area contributed by atoms with Gasteiger partial charge < -0.3 is 0 Å². The Morgan fingerprint density at radius 1 is 1.15 bits per heavy atom. The lowest BCUT2D eigenvalue weighted by Gasteiger charge is -2.15. The summed E-state index contributed by atoms with van der Waals surface area (Å²) in [7, 11) is 0. The number of halogens is 4. The number of fused-ring (bicyclic) bond motifs is 1. The minimum Gasteiger partial charge on any atom is -0.295 e. The van der Waals surface area contributed by atoms with Crippen molar-refractivity contribution >= 4 is 11.8 Å². The van der Waals surface area contributed by atoms with Crippen LogP contribution in [0, 0.1) is 11.2 Å². The van der Waals surface area contributed by atoms with Crippen LogP contribution < -0.4 is 5.32 Å². The molecule has 1 saturated heterocycles. The predicted molar refractivity (Wildman–Crippen MR) is 59.0 cm³/mol. The van der Waals surface area contributed by atoms with E-state index in [-0.39, 0.29) is 12.0 Å². The van der Waals surface area contributed by atoms with Gasteiger partial charge in [-0.2, -0.15) is 13.2 Å². The van der Waals surface area contributed by atoms with Gasteiger partial charge >= 0.3 is 6.18 Å². The van der Waals surface area contributed by atoms with E-state index in [4.69, 9.17) is 0 Å². The van der Waals surface area contributed by atoms with E-state index in [9.17, 15) is 27.2 Å². The van der Waals surface area contributed by atoms with Crippen molar-refractivity contribution in [2.45, 2.75) is 24.9 Å². The van der Waals surface area contributed by atoms with Crippen LogP contribution in [0.4, 0.5) is 17.6 Å². The molecule has 0 bridgehead atoms. The molecule has 1 heterocycles. The molecule has 7 heteroatoms. The first-order valence-electron chi connectivity index (χ1n) is 5.85. The molecule has 1 saturated carbocycles. The number of benzene rings is 1. The molecule has 1 aliphatic heterocycles. The number of nitrogens with one attached hydrogen (secondary N) is 1. The summed E-state index contributed by atoms with van der Waals surface area (Å²) in [5.41, 5.74) is -3.72. The molecular formula is C13H9F4NO2. The Balaban J connectivity index is 2.16. The molecule has 1 aliphatic carbocycles. The van der Waals surface area contributed by atoms with Crippen LogP contribution in [0.1, 0.15) is 24.5 Å². The Hall–Kier alpha value is -1.92. The van der Waals surface area contributed by atoms with Gasteiger partial charge in [0, 0.05) is 0 Å². The van der Waals surface area contributed by atoms with E-state index in [0.717, 1.165) is 12.1 Å². The molecule has 2 fully saturated rings. The number of carbonyl (C=O) groups is 2. The molecule has 106 valence electrons. The van der Waals surface area contributed by atoms with Crippen molar-refractivity contribution in [1.29, 1.82) is 0 Å². The second-order valence-corrected chi connectivity index (χ2v) is 5.42. The molecule has 1 N–H and O–H groups in total. The van der Waals surface area contributed by atoms with Gasteiger partial charge in [0.2, 0.25) is 11.8 Å². The molecule has 0 aromatic heterocycles. The van der Waals surface area contributed by atoms with Crippen molar-refractivity contribution in [2.24, 2.45) is 5.41 Å². The van der Waals surface area contributed by atoms with E-state index < -0.39 is 40.2 Å². The van der Waals surface area contributed by atoms with Crippen LogP contribution in [0.2, 0.25) is 0 Å². The molecule has 2 atom stereocenters. The van der Waals surface area contributed by atoms with Crippen LogP contribution in [0.25, 0.3) is 0 Å². The number of carbonyl (C=O) groups excluding carboxylic acids is 2. The SMILES string of the molecule is CC12CC1(c1cc(F)cc(C(F)(F)F)c1)C(=O)NC2=O. The Morgan fingerprint density at radius 2 is 1.80 bits per heavy atom. The molecule has 3 nitrogen and oxygen atoms in total.